The second-order valence-corrected chi connectivity index (χ2v) is 7.75. The maximum atomic E-state index is 13.0. The van der Waals surface area contributed by atoms with Crippen LogP contribution in [0.15, 0.2) is 42.5 Å². The molecule has 1 heterocycles. The monoisotopic (exact) mass is 409 g/mol. The number of carbonyl (C=O) groups excluding carboxylic acids is 1. The third-order valence-corrected chi connectivity index (χ3v) is 5.30. The van der Waals surface area contributed by atoms with E-state index in [0.29, 0.717) is 5.56 Å². The summed E-state index contributed by atoms with van der Waals surface area (Å²) in [5.74, 6) is 2.45. The Morgan fingerprint density at radius 2 is 1.73 bits per heavy atom. The molecule has 0 saturated heterocycles. The first-order chi connectivity index (χ1) is 14.5. The van der Waals surface area contributed by atoms with Crippen LogP contribution in [0.1, 0.15) is 55.8 Å². The van der Waals surface area contributed by atoms with E-state index in [0.717, 1.165) is 47.7 Å². The molecule has 0 fully saturated rings. The van der Waals surface area contributed by atoms with Crippen LogP contribution < -0.4 is 14.8 Å². The number of imidazole rings is 1. The molecule has 1 N–H and O–H groups in total. The molecule has 6 heteroatoms. The average Bonchev–Trinajstić information content (AvgIpc) is 3.12. The molecule has 30 heavy (non-hydrogen) atoms. The Kier molecular flexibility index (Phi) is 6.98. The normalized spacial score (nSPS) is 12.2. The lowest BCUT2D eigenvalue weighted by atomic mass is 10.0. The highest BCUT2D eigenvalue weighted by atomic mass is 16.5. The van der Waals surface area contributed by atoms with E-state index in [2.05, 4.69) is 30.7 Å². The van der Waals surface area contributed by atoms with Crippen LogP contribution in [-0.4, -0.2) is 29.7 Å². The van der Waals surface area contributed by atoms with E-state index in [1.54, 1.807) is 38.5 Å². The van der Waals surface area contributed by atoms with Crippen molar-refractivity contribution in [2.75, 3.05) is 14.2 Å². The van der Waals surface area contributed by atoms with Crippen molar-refractivity contribution in [2.45, 2.75) is 46.2 Å². The number of unbranched alkanes of at least 4 members (excludes halogenated alkanes) is 1. The van der Waals surface area contributed by atoms with Crippen molar-refractivity contribution in [3.05, 3.63) is 53.9 Å². The molecule has 0 aliphatic rings. The molecule has 0 spiro atoms. The van der Waals surface area contributed by atoms with Gasteiger partial charge in [-0.15, -0.1) is 0 Å². The first-order valence-electron chi connectivity index (χ1n) is 10.5. The van der Waals surface area contributed by atoms with Crippen molar-refractivity contribution in [3.8, 4) is 11.5 Å². The molecule has 0 bridgehead atoms. The maximum Gasteiger partial charge on any atom is 0.251 e. The number of rotatable bonds is 9. The number of nitrogens with one attached hydrogen (secondary N) is 1. The van der Waals surface area contributed by atoms with Crippen molar-refractivity contribution < 1.29 is 14.3 Å². The number of carbonyl (C=O) groups is 1. The van der Waals surface area contributed by atoms with Crippen LogP contribution in [0.4, 0.5) is 0 Å². The Bertz CT molecular complexity index is 993. The molecule has 0 saturated carbocycles. The van der Waals surface area contributed by atoms with Crippen LogP contribution in [0.3, 0.4) is 0 Å². The summed E-state index contributed by atoms with van der Waals surface area (Å²) in [6.07, 6.45) is 2.11. The first kappa shape index (κ1) is 21.7. The minimum Gasteiger partial charge on any atom is -0.497 e. The Labute approximate surface area is 178 Å². The van der Waals surface area contributed by atoms with Gasteiger partial charge >= 0.3 is 0 Å². The maximum absolute atomic E-state index is 13.0. The van der Waals surface area contributed by atoms with Gasteiger partial charge in [0, 0.05) is 18.2 Å². The molecular formula is C24H31N3O3. The molecule has 3 aromatic rings. The molecule has 160 valence electrons. The fourth-order valence-electron chi connectivity index (χ4n) is 3.53. The molecule has 1 atom stereocenters. The quantitative estimate of drug-likeness (QED) is 0.541. The van der Waals surface area contributed by atoms with Crippen molar-refractivity contribution in [3.63, 3.8) is 0 Å². The number of hydrogen-bond acceptors (Lipinski definition) is 4. The molecule has 1 unspecified atom stereocenters. The van der Waals surface area contributed by atoms with Crippen LogP contribution in [-0.2, 0) is 6.54 Å². The summed E-state index contributed by atoms with van der Waals surface area (Å²) in [5.41, 5.74) is 2.53. The highest BCUT2D eigenvalue weighted by Crippen LogP contribution is 2.29. The molecule has 0 aliphatic carbocycles. The number of hydrogen-bond donors (Lipinski definition) is 1. The molecule has 1 amide bonds. The molecule has 0 aliphatic heterocycles. The van der Waals surface area contributed by atoms with Gasteiger partial charge in [0.1, 0.15) is 17.3 Å². The first-order valence-corrected chi connectivity index (χ1v) is 10.5. The van der Waals surface area contributed by atoms with Crippen molar-refractivity contribution >= 4 is 16.9 Å². The van der Waals surface area contributed by atoms with Crippen LogP contribution in [0, 0.1) is 5.92 Å². The highest BCUT2D eigenvalue weighted by molar-refractivity contribution is 5.94. The molecule has 2 aromatic carbocycles. The van der Waals surface area contributed by atoms with Gasteiger partial charge in [-0.3, -0.25) is 4.79 Å². The number of amides is 1. The van der Waals surface area contributed by atoms with Gasteiger partial charge in [0.05, 0.1) is 31.3 Å². The van der Waals surface area contributed by atoms with E-state index in [-0.39, 0.29) is 17.9 Å². The van der Waals surface area contributed by atoms with Gasteiger partial charge in [0.2, 0.25) is 0 Å². The lowest BCUT2D eigenvalue weighted by molar-refractivity contribution is 0.0922. The molecule has 1 aromatic heterocycles. The number of methoxy groups -OCH3 is 2. The van der Waals surface area contributed by atoms with E-state index >= 15 is 0 Å². The molecular weight excluding hydrogens is 378 g/mol. The summed E-state index contributed by atoms with van der Waals surface area (Å²) in [5, 5.41) is 3.20. The Morgan fingerprint density at radius 3 is 2.33 bits per heavy atom. The van der Waals surface area contributed by atoms with E-state index in [9.17, 15) is 4.79 Å². The lowest BCUT2D eigenvalue weighted by Gasteiger charge is -2.23. The number of aromatic nitrogens is 2. The minimum absolute atomic E-state index is 0.122. The number of nitrogens with zero attached hydrogens (tertiary/aromatic N) is 2. The number of benzene rings is 2. The highest BCUT2D eigenvalue weighted by Gasteiger charge is 2.25. The van der Waals surface area contributed by atoms with E-state index in [1.165, 1.54) is 0 Å². The van der Waals surface area contributed by atoms with Crippen LogP contribution in [0.2, 0.25) is 0 Å². The Hall–Kier alpha value is -3.02. The van der Waals surface area contributed by atoms with Gasteiger partial charge in [-0.05, 0) is 48.7 Å². The Morgan fingerprint density at radius 1 is 1.07 bits per heavy atom. The summed E-state index contributed by atoms with van der Waals surface area (Å²) < 4.78 is 12.8. The van der Waals surface area contributed by atoms with Gasteiger partial charge < -0.3 is 19.4 Å². The molecule has 6 nitrogen and oxygen atoms in total. The number of aryl methyl sites for hydroxylation is 1. The van der Waals surface area contributed by atoms with Crippen molar-refractivity contribution in [2.24, 2.45) is 5.92 Å². The number of fused-ring (bicyclic) bond motifs is 1. The second-order valence-electron chi connectivity index (χ2n) is 7.75. The summed E-state index contributed by atoms with van der Waals surface area (Å²) in [7, 11) is 3.28. The van der Waals surface area contributed by atoms with Crippen LogP contribution in [0.5, 0.6) is 11.5 Å². The van der Waals surface area contributed by atoms with Gasteiger partial charge in [-0.25, -0.2) is 4.98 Å². The predicted octanol–water partition coefficient (Wildman–Crippen LogP) is 4.98. The summed E-state index contributed by atoms with van der Waals surface area (Å²) in [6, 6.07) is 12.8. The van der Waals surface area contributed by atoms with E-state index in [1.807, 2.05) is 18.2 Å². The van der Waals surface area contributed by atoms with Gasteiger partial charge in [-0.2, -0.15) is 0 Å². The number of ether oxygens (including phenoxy) is 2. The molecule has 3 rings (SSSR count). The van der Waals surface area contributed by atoms with Crippen molar-refractivity contribution in [1.29, 1.82) is 0 Å². The van der Waals surface area contributed by atoms with Gasteiger partial charge in [-0.1, -0.05) is 27.2 Å². The van der Waals surface area contributed by atoms with Gasteiger partial charge in [0.25, 0.3) is 5.91 Å². The standard InChI is InChI=1S/C24H31N3O3/c1-6-7-14-27-21-15-19(30-5)12-13-20(21)25-23(27)22(16(2)3)26-24(28)17-8-10-18(29-4)11-9-17/h8-13,15-16,22H,6-7,14H2,1-5H3,(H,26,28). The SMILES string of the molecule is CCCCn1c(C(NC(=O)c2ccc(OC)cc2)C(C)C)nc2ccc(OC)cc21. The van der Waals surface area contributed by atoms with E-state index < -0.39 is 0 Å². The fraction of sp³-hybridized carbons (Fsp3) is 0.417. The predicted molar refractivity (Wildman–Crippen MR) is 119 cm³/mol. The van der Waals surface area contributed by atoms with Crippen LogP contribution >= 0.6 is 0 Å². The topological polar surface area (TPSA) is 65.4 Å². The smallest absolute Gasteiger partial charge is 0.251 e. The lowest BCUT2D eigenvalue weighted by Crippen LogP contribution is -2.33. The third kappa shape index (κ3) is 4.58. The zero-order chi connectivity index (χ0) is 21.7. The summed E-state index contributed by atoms with van der Waals surface area (Å²) in [6.45, 7) is 7.22. The zero-order valence-electron chi connectivity index (χ0n) is 18.4. The van der Waals surface area contributed by atoms with E-state index in [4.69, 9.17) is 14.5 Å². The van der Waals surface area contributed by atoms with Gasteiger partial charge in [0.15, 0.2) is 0 Å². The fourth-order valence-corrected chi connectivity index (χ4v) is 3.53. The average molecular weight is 410 g/mol. The zero-order valence-corrected chi connectivity index (χ0v) is 18.4. The van der Waals surface area contributed by atoms with Crippen LogP contribution in [0.25, 0.3) is 11.0 Å². The second kappa shape index (κ2) is 9.65. The summed E-state index contributed by atoms with van der Waals surface area (Å²) in [4.78, 5) is 17.9. The molecule has 0 radical (unpaired) electrons. The van der Waals surface area contributed by atoms with Crippen molar-refractivity contribution in [1.82, 2.24) is 14.9 Å². The minimum atomic E-state index is -0.213. The Balaban J connectivity index is 1.98. The third-order valence-electron chi connectivity index (χ3n) is 5.30. The summed E-state index contributed by atoms with van der Waals surface area (Å²) >= 11 is 0. The largest absolute Gasteiger partial charge is 0.497 e.